The smallest absolute Gasteiger partial charge is 0.156 e. The zero-order valence-electron chi connectivity index (χ0n) is 14.2. The van der Waals surface area contributed by atoms with Crippen LogP contribution in [-0.4, -0.2) is 0 Å². The lowest BCUT2D eigenvalue weighted by Gasteiger charge is -2.13. The van der Waals surface area contributed by atoms with Gasteiger partial charge in [-0.3, -0.25) is 0 Å². The van der Waals surface area contributed by atoms with Crippen molar-refractivity contribution in [2.24, 2.45) is 0 Å². The first kappa shape index (κ1) is 18.6. The molecule has 2 nitrogen and oxygen atoms in total. The lowest BCUT2D eigenvalue weighted by atomic mass is 10.1. The van der Waals surface area contributed by atoms with Crippen molar-refractivity contribution in [1.29, 1.82) is 0 Å². The Balaban J connectivity index is 1.67. The second-order valence-electron chi connectivity index (χ2n) is 5.97. The minimum atomic E-state index is -0.282. The number of halogens is 3. The molecule has 0 aliphatic carbocycles. The largest absolute Gasteiger partial charge is 0.486 e. The van der Waals surface area contributed by atoms with E-state index in [9.17, 15) is 4.39 Å². The molecule has 3 rings (SSSR count). The minimum Gasteiger partial charge on any atom is -0.486 e. The highest BCUT2D eigenvalue weighted by Crippen LogP contribution is 2.35. The molecule has 0 amide bonds. The number of benzene rings is 3. The summed E-state index contributed by atoms with van der Waals surface area (Å²) >= 11 is 12.7. The van der Waals surface area contributed by atoms with Crippen LogP contribution < -0.4 is 10.1 Å². The molecule has 0 radical (unpaired) electrons. The molecule has 0 saturated carbocycles. The Bertz CT molecular complexity index is 874. The summed E-state index contributed by atoms with van der Waals surface area (Å²) in [4.78, 5) is 0. The van der Waals surface area contributed by atoms with Crippen molar-refractivity contribution >= 4 is 28.9 Å². The van der Waals surface area contributed by atoms with Gasteiger partial charge in [0.15, 0.2) is 5.75 Å². The summed E-state index contributed by atoms with van der Waals surface area (Å²) in [6, 6.07) is 17.8. The van der Waals surface area contributed by atoms with E-state index in [1.54, 1.807) is 12.1 Å². The Morgan fingerprint density at radius 3 is 2.23 bits per heavy atom. The van der Waals surface area contributed by atoms with Crippen molar-refractivity contribution in [3.63, 3.8) is 0 Å². The monoisotopic (exact) mass is 389 g/mol. The van der Waals surface area contributed by atoms with Gasteiger partial charge in [-0.15, -0.1) is 0 Å². The molecule has 0 bridgehead atoms. The van der Waals surface area contributed by atoms with Crippen molar-refractivity contribution in [1.82, 2.24) is 0 Å². The standard InChI is InChI=1S/C21H18Cl2FNO/c1-14-4-2-3-5-20(14)25-12-16-10-18(22)21(19(23)11-16)26-13-15-6-8-17(24)9-7-15/h2-11,25H,12-13H2,1H3. The fourth-order valence-electron chi connectivity index (χ4n) is 2.56. The van der Waals surface area contributed by atoms with Crippen molar-refractivity contribution < 1.29 is 9.13 Å². The molecule has 0 fully saturated rings. The van der Waals surface area contributed by atoms with Gasteiger partial charge in [-0.1, -0.05) is 53.5 Å². The molecule has 3 aromatic carbocycles. The third-order valence-electron chi connectivity index (χ3n) is 3.98. The van der Waals surface area contributed by atoms with Gasteiger partial charge < -0.3 is 10.1 Å². The van der Waals surface area contributed by atoms with Crippen LogP contribution in [0, 0.1) is 12.7 Å². The van der Waals surface area contributed by atoms with Crippen molar-refractivity contribution in [2.75, 3.05) is 5.32 Å². The SMILES string of the molecule is Cc1ccccc1NCc1cc(Cl)c(OCc2ccc(F)cc2)c(Cl)c1. The average Bonchev–Trinajstić information content (AvgIpc) is 2.62. The lowest BCUT2D eigenvalue weighted by molar-refractivity contribution is 0.306. The van der Waals surface area contributed by atoms with Crippen LogP contribution in [0.3, 0.4) is 0 Å². The number of nitrogens with one attached hydrogen (secondary N) is 1. The first-order valence-corrected chi connectivity index (χ1v) is 8.93. The number of hydrogen-bond acceptors (Lipinski definition) is 2. The highest BCUT2D eigenvalue weighted by atomic mass is 35.5. The summed E-state index contributed by atoms with van der Waals surface area (Å²) < 4.78 is 18.7. The maximum atomic E-state index is 13.0. The molecule has 3 aromatic rings. The second-order valence-corrected chi connectivity index (χ2v) is 6.79. The number of hydrogen-bond donors (Lipinski definition) is 1. The fraction of sp³-hybridized carbons (Fsp3) is 0.143. The summed E-state index contributed by atoms with van der Waals surface area (Å²) in [7, 11) is 0. The van der Waals surface area contributed by atoms with Crippen LogP contribution in [-0.2, 0) is 13.2 Å². The van der Waals surface area contributed by atoms with Crippen LogP contribution in [0.5, 0.6) is 5.75 Å². The maximum absolute atomic E-state index is 13.0. The van der Waals surface area contributed by atoms with E-state index in [0.29, 0.717) is 22.3 Å². The van der Waals surface area contributed by atoms with Crippen LogP contribution in [0.25, 0.3) is 0 Å². The van der Waals surface area contributed by atoms with Crippen LogP contribution in [0.4, 0.5) is 10.1 Å². The van der Waals surface area contributed by atoms with E-state index in [1.807, 2.05) is 30.3 Å². The molecule has 26 heavy (non-hydrogen) atoms. The fourth-order valence-corrected chi connectivity index (χ4v) is 3.20. The van der Waals surface area contributed by atoms with Gasteiger partial charge in [0.05, 0.1) is 10.0 Å². The molecule has 0 unspecified atom stereocenters. The average molecular weight is 390 g/mol. The van der Waals surface area contributed by atoms with E-state index in [1.165, 1.54) is 17.7 Å². The van der Waals surface area contributed by atoms with Crippen molar-refractivity contribution in [3.8, 4) is 5.75 Å². The van der Waals surface area contributed by atoms with E-state index >= 15 is 0 Å². The van der Waals surface area contributed by atoms with Crippen molar-refractivity contribution in [2.45, 2.75) is 20.1 Å². The topological polar surface area (TPSA) is 21.3 Å². The predicted octanol–water partition coefficient (Wildman–Crippen LogP) is 6.63. The Labute approximate surface area is 162 Å². The first-order chi connectivity index (χ1) is 12.5. The van der Waals surface area contributed by atoms with E-state index < -0.39 is 0 Å². The predicted molar refractivity (Wildman–Crippen MR) is 106 cm³/mol. The molecule has 1 N–H and O–H groups in total. The van der Waals surface area contributed by atoms with Gasteiger partial charge in [-0.2, -0.15) is 0 Å². The van der Waals surface area contributed by atoms with Crippen LogP contribution in [0.2, 0.25) is 10.0 Å². The van der Waals surface area contributed by atoms with Crippen molar-refractivity contribution in [3.05, 3.63) is 93.2 Å². The molecular weight excluding hydrogens is 372 g/mol. The number of aryl methyl sites for hydroxylation is 1. The molecule has 0 saturated heterocycles. The molecule has 0 aliphatic heterocycles. The van der Waals surface area contributed by atoms with E-state index in [2.05, 4.69) is 18.3 Å². The molecule has 5 heteroatoms. The highest BCUT2D eigenvalue weighted by Gasteiger charge is 2.10. The Morgan fingerprint density at radius 2 is 1.58 bits per heavy atom. The van der Waals surface area contributed by atoms with E-state index in [-0.39, 0.29) is 12.4 Å². The Hall–Kier alpha value is -2.23. The summed E-state index contributed by atoms with van der Waals surface area (Å²) in [6.07, 6.45) is 0. The van der Waals surface area contributed by atoms with Gasteiger partial charge >= 0.3 is 0 Å². The van der Waals surface area contributed by atoms with Gasteiger partial charge in [0, 0.05) is 12.2 Å². The van der Waals surface area contributed by atoms with Gasteiger partial charge in [0.25, 0.3) is 0 Å². The number of anilines is 1. The van der Waals surface area contributed by atoms with Crippen LogP contribution in [0.15, 0.2) is 60.7 Å². The molecule has 0 aliphatic rings. The van der Waals surface area contributed by atoms with Gasteiger partial charge in [-0.05, 0) is 53.9 Å². The summed E-state index contributed by atoms with van der Waals surface area (Å²) in [5.74, 6) is 0.146. The zero-order valence-corrected chi connectivity index (χ0v) is 15.7. The maximum Gasteiger partial charge on any atom is 0.156 e. The molecule has 0 heterocycles. The first-order valence-electron chi connectivity index (χ1n) is 8.17. The third kappa shape index (κ3) is 4.69. The highest BCUT2D eigenvalue weighted by molar-refractivity contribution is 6.37. The van der Waals surface area contributed by atoms with E-state index in [0.717, 1.165) is 16.8 Å². The minimum absolute atomic E-state index is 0.264. The van der Waals surface area contributed by atoms with Gasteiger partial charge in [-0.25, -0.2) is 4.39 Å². The van der Waals surface area contributed by atoms with Crippen LogP contribution >= 0.6 is 23.2 Å². The quantitative estimate of drug-likeness (QED) is 0.510. The van der Waals surface area contributed by atoms with Gasteiger partial charge in [0.1, 0.15) is 12.4 Å². The number of para-hydroxylation sites is 1. The third-order valence-corrected chi connectivity index (χ3v) is 4.54. The molecule has 134 valence electrons. The summed E-state index contributed by atoms with van der Waals surface area (Å²) in [5.41, 5.74) is 4.03. The lowest BCUT2D eigenvalue weighted by Crippen LogP contribution is -2.02. The zero-order chi connectivity index (χ0) is 18.5. The summed E-state index contributed by atoms with van der Waals surface area (Å²) in [5, 5.41) is 4.26. The molecular formula is C21H18Cl2FNO. The van der Waals surface area contributed by atoms with Gasteiger partial charge in [0.2, 0.25) is 0 Å². The molecule has 0 aromatic heterocycles. The Kier molecular flexibility index (Phi) is 6.02. The summed E-state index contributed by atoms with van der Waals surface area (Å²) in [6.45, 7) is 2.91. The molecule has 0 atom stereocenters. The molecule has 0 spiro atoms. The normalized spacial score (nSPS) is 10.6. The Morgan fingerprint density at radius 1 is 0.923 bits per heavy atom. The van der Waals surface area contributed by atoms with E-state index in [4.69, 9.17) is 27.9 Å². The number of rotatable bonds is 6. The number of ether oxygens (including phenoxy) is 1. The second kappa shape index (κ2) is 8.43. The van der Waals surface area contributed by atoms with Crippen LogP contribution in [0.1, 0.15) is 16.7 Å².